The average Bonchev–Trinajstić information content (AvgIpc) is 2.36. The molecule has 10 heavy (non-hydrogen) atoms. The lowest BCUT2D eigenvalue weighted by Gasteiger charge is -2.06. The Morgan fingerprint density at radius 2 is 2.30 bits per heavy atom. The van der Waals surface area contributed by atoms with Crippen molar-refractivity contribution >= 4 is 17.2 Å². The van der Waals surface area contributed by atoms with Crippen molar-refractivity contribution in [2.75, 3.05) is 14.1 Å². The van der Waals surface area contributed by atoms with Crippen molar-refractivity contribution < 1.29 is 4.79 Å². The molecule has 0 radical (unpaired) electrons. The molecule has 1 amide bonds. The van der Waals surface area contributed by atoms with Crippen LogP contribution in [0.2, 0.25) is 0 Å². The molecule has 0 atom stereocenters. The summed E-state index contributed by atoms with van der Waals surface area (Å²) in [5.41, 5.74) is 0. The molecule has 0 unspecified atom stereocenters. The molecule has 1 heterocycles. The summed E-state index contributed by atoms with van der Waals surface area (Å²) in [6, 6.07) is 3.70. The normalized spacial score (nSPS) is 9.40. The maximum Gasteiger partial charge on any atom is 0.263 e. The molecule has 1 aromatic rings. The minimum Gasteiger partial charge on any atom is -0.344 e. The number of amides is 1. The lowest BCUT2D eigenvalue weighted by Crippen LogP contribution is -2.20. The molecule has 3 heteroatoms. The first-order valence-electron chi connectivity index (χ1n) is 2.97. The largest absolute Gasteiger partial charge is 0.344 e. The number of hydrogen-bond donors (Lipinski definition) is 0. The van der Waals surface area contributed by atoms with Gasteiger partial charge in [0.25, 0.3) is 5.91 Å². The first kappa shape index (κ1) is 7.28. The summed E-state index contributed by atoms with van der Waals surface area (Å²) in [6.45, 7) is 0. The number of nitrogens with zero attached hydrogens (tertiary/aromatic N) is 1. The molecule has 0 aromatic carbocycles. The highest BCUT2D eigenvalue weighted by molar-refractivity contribution is 7.12. The van der Waals surface area contributed by atoms with E-state index >= 15 is 0 Å². The maximum atomic E-state index is 11.1. The number of thiophene rings is 1. The lowest BCUT2D eigenvalue weighted by atomic mass is 9.98. The maximum absolute atomic E-state index is 11.1. The van der Waals surface area contributed by atoms with Gasteiger partial charge in [0.05, 0.1) is 4.88 Å². The fraction of sp³-hybridized carbons (Fsp3) is 0.286. The molecule has 0 aliphatic heterocycles. The van der Waals surface area contributed by atoms with Crippen LogP contribution in [0.3, 0.4) is 0 Å². The van der Waals surface area contributed by atoms with E-state index < -0.39 is 0 Å². The first-order chi connectivity index (χ1) is 4.72. The van der Waals surface area contributed by atoms with Crippen molar-refractivity contribution in [3.05, 3.63) is 22.4 Å². The Balaban J connectivity index is 2.78. The second-order valence-corrected chi connectivity index (χ2v) is 3.12. The Morgan fingerprint density at radius 3 is 2.70 bits per heavy atom. The number of carbonyl (C=O) groups excluding carboxylic acids is 1. The van der Waals surface area contributed by atoms with Gasteiger partial charge >= 0.3 is 0 Å². The van der Waals surface area contributed by atoms with E-state index in [1.54, 1.807) is 19.0 Å². The molecule has 0 bridgehead atoms. The number of rotatable bonds is 1. The van der Waals surface area contributed by atoms with Crippen molar-refractivity contribution in [2.24, 2.45) is 0 Å². The molecule has 0 N–H and O–H groups in total. The summed E-state index contributed by atoms with van der Waals surface area (Å²) in [6.07, 6.45) is 0. The monoisotopic (exact) mass is 154 g/mol. The summed E-state index contributed by atoms with van der Waals surface area (Å²) < 4.78 is 0. The molecular weight excluding hydrogens is 145 g/mol. The predicted octanol–water partition coefficient (Wildman–Crippen LogP) is 1.45. The third-order valence-electron chi connectivity index (χ3n) is 1.14. The van der Waals surface area contributed by atoms with Crippen molar-refractivity contribution in [2.45, 2.75) is 0 Å². The minimum atomic E-state index is 0.0787. The van der Waals surface area contributed by atoms with Gasteiger partial charge in [-0.05, 0) is 11.4 Å². The summed E-state index contributed by atoms with van der Waals surface area (Å²) in [4.78, 5) is 13.5. The van der Waals surface area contributed by atoms with Crippen molar-refractivity contribution in [3.8, 4) is 0 Å². The van der Waals surface area contributed by atoms with Crippen molar-refractivity contribution in [1.82, 2.24) is 4.90 Å². The van der Waals surface area contributed by atoms with Gasteiger partial charge in [-0.2, -0.15) is 0 Å². The van der Waals surface area contributed by atoms with E-state index in [9.17, 15) is 4.79 Å². The van der Waals surface area contributed by atoms with Crippen LogP contribution in [-0.4, -0.2) is 24.9 Å². The molecule has 0 spiro atoms. The third kappa shape index (κ3) is 1.36. The molecule has 1 rings (SSSR count). The standard InChI is InChI=1S/C7H9NOS/c1-8(2)7(9)6-4-3-5-10-6/h3-5H,1-2H3/i7-1. The Hall–Kier alpha value is -0.830. The van der Waals surface area contributed by atoms with E-state index in [0.29, 0.717) is 0 Å². The molecule has 0 aliphatic rings. The Labute approximate surface area is 64.1 Å². The molecule has 0 saturated heterocycles. The van der Waals surface area contributed by atoms with Gasteiger partial charge in [0.2, 0.25) is 0 Å². The number of carbonyl (C=O) groups is 1. The van der Waals surface area contributed by atoms with Crippen LogP contribution in [-0.2, 0) is 0 Å². The van der Waals surface area contributed by atoms with Crippen LogP contribution < -0.4 is 0 Å². The Kier molecular flexibility index (Phi) is 2.06. The molecule has 54 valence electrons. The van der Waals surface area contributed by atoms with Crippen LogP contribution in [0.15, 0.2) is 17.5 Å². The Bertz CT molecular complexity index is 216. The second-order valence-electron chi connectivity index (χ2n) is 2.18. The van der Waals surface area contributed by atoms with Crippen LogP contribution in [0.4, 0.5) is 0 Å². The van der Waals surface area contributed by atoms with Gasteiger partial charge in [-0.1, -0.05) is 6.07 Å². The van der Waals surface area contributed by atoms with Gasteiger partial charge in [-0.3, -0.25) is 4.79 Å². The van der Waals surface area contributed by atoms with Gasteiger partial charge in [-0.15, -0.1) is 11.3 Å². The van der Waals surface area contributed by atoms with Gasteiger partial charge < -0.3 is 4.90 Å². The lowest BCUT2D eigenvalue weighted by molar-refractivity contribution is 0.0832. The third-order valence-corrected chi connectivity index (χ3v) is 2.00. The van der Waals surface area contributed by atoms with Crippen LogP contribution in [0.1, 0.15) is 9.67 Å². The highest BCUT2D eigenvalue weighted by Crippen LogP contribution is 2.09. The van der Waals surface area contributed by atoms with E-state index in [1.807, 2.05) is 17.5 Å². The van der Waals surface area contributed by atoms with E-state index in [-0.39, 0.29) is 5.91 Å². The SMILES string of the molecule is CN(C)[11C](=O)c1cccs1. The zero-order chi connectivity index (χ0) is 7.56. The van der Waals surface area contributed by atoms with E-state index in [2.05, 4.69) is 0 Å². The zero-order valence-corrected chi connectivity index (χ0v) is 6.81. The highest BCUT2D eigenvalue weighted by Gasteiger charge is 2.06. The molecule has 0 saturated carbocycles. The van der Waals surface area contributed by atoms with Crippen LogP contribution in [0, 0.1) is 0 Å². The molecule has 0 fully saturated rings. The quantitative estimate of drug-likeness (QED) is 0.599. The van der Waals surface area contributed by atoms with E-state index in [0.717, 1.165) is 4.88 Å². The van der Waals surface area contributed by atoms with E-state index in [4.69, 9.17) is 0 Å². The van der Waals surface area contributed by atoms with Gasteiger partial charge in [0.1, 0.15) is 0 Å². The second kappa shape index (κ2) is 2.84. The summed E-state index contributed by atoms with van der Waals surface area (Å²) in [7, 11) is 3.50. The Morgan fingerprint density at radius 1 is 1.60 bits per heavy atom. The van der Waals surface area contributed by atoms with Crippen molar-refractivity contribution in [1.29, 1.82) is 0 Å². The molecule has 2 nitrogen and oxygen atoms in total. The van der Waals surface area contributed by atoms with Crippen LogP contribution in [0.5, 0.6) is 0 Å². The summed E-state index contributed by atoms with van der Waals surface area (Å²) >= 11 is 1.47. The summed E-state index contributed by atoms with van der Waals surface area (Å²) in [5.74, 6) is 0.0787. The topological polar surface area (TPSA) is 20.3 Å². The van der Waals surface area contributed by atoms with Gasteiger partial charge in [0, 0.05) is 14.1 Å². The first-order valence-corrected chi connectivity index (χ1v) is 3.85. The average molecular weight is 154 g/mol. The molecular formula is C7H9NOS. The van der Waals surface area contributed by atoms with Gasteiger partial charge in [0.15, 0.2) is 0 Å². The summed E-state index contributed by atoms with van der Waals surface area (Å²) in [5, 5.41) is 1.90. The van der Waals surface area contributed by atoms with Crippen LogP contribution >= 0.6 is 11.3 Å². The van der Waals surface area contributed by atoms with E-state index in [1.165, 1.54) is 11.3 Å². The minimum absolute atomic E-state index is 0.0787. The smallest absolute Gasteiger partial charge is 0.263 e. The van der Waals surface area contributed by atoms with Crippen molar-refractivity contribution in [3.63, 3.8) is 0 Å². The molecule has 0 aliphatic carbocycles. The fourth-order valence-electron chi connectivity index (χ4n) is 0.621. The molecule has 1 aromatic heterocycles. The zero-order valence-electron chi connectivity index (χ0n) is 6.00. The highest BCUT2D eigenvalue weighted by atomic mass is 32.1. The predicted molar refractivity (Wildman–Crippen MR) is 42.3 cm³/mol. The van der Waals surface area contributed by atoms with Gasteiger partial charge in [-0.25, -0.2) is 0 Å². The fourth-order valence-corrected chi connectivity index (χ4v) is 1.36. The number of hydrogen-bond acceptors (Lipinski definition) is 2. The van der Waals surface area contributed by atoms with Crippen LogP contribution in [0.25, 0.3) is 0 Å².